The van der Waals surface area contributed by atoms with Crippen molar-refractivity contribution < 1.29 is 26.8 Å². The van der Waals surface area contributed by atoms with Crippen LogP contribution in [0.5, 0.6) is 0 Å². The molecule has 0 bridgehead atoms. The highest BCUT2D eigenvalue weighted by molar-refractivity contribution is 5.72. The summed E-state index contributed by atoms with van der Waals surface area (Å²) in [5, 5.41) is 8.51. The smallest absolute Gasteiger partial charge is 0.320 e. The second kappa shape index (κ2) is 7.04. The predicted octanol–water partition coefficient (Wildman–Crippen LogP) is -2.72. The van der Waals surface area contributed by atoms with Crippen LogP contribution in [0, 0.1) is 0 Å². The number of quaternary nitrogens is 1. The monoisotopic (exact) mass is 224 g/mol. The van der Waals surface area contributed by atoms with E-state index in [0.717, 1.165) is 23.9 Å². The quantitative estimate of drug-likeness (QED) is 0.381. The zero-order valence-electron chi connectivity index (χ0n) is 9.16. The molecule has 0 saturated heterocycles. The molecule has 0 fully saturated rings. The molecule has 1 atom stereocenters. The Morgan fingerprint density at radius 1 is 1.36 bits per heavy atom. The Balaban J connectivity index is 0. The van der Waals surface area contributed by atoms with Crippen LogP contribution < -0.4 is 18.1 Å². The summed E-state index contributed by atoms with van der Waals surface area (Å²) in [7, 11) is 6.37. The minimum Gasteiger partial charge on any atom is -1.00 e. The Bertz CT molecular complexity index is 169. The van der Waals surface area contributed by atoms with Gasteiger partial charge in [-0.25, -0.2) is 0 Å². The van der Waals surface area contributed by atoms with Crippen molar-refractivity contribution in [1.29, 1.82) is 0 Å². The number of carbonyl (C=O) groups is 1. The molecule has 0 rings (SSSR count). The van der Waals surface area contributed by atoms with Crippen LogP contribution in [0.3, 0.4) is 0 Å². The number of nitrogens with two attached hydrogens (primary N) is 1. The van der Waals surface area contributed by atoms with Crippen molar-refractivity contribution in [2.24, 2.45) is 5.73 Å². The third-order valence-corrected chi connectivity index (χ3v) is 1.91. The van der Waals surface area contributed by atoms with E-state index in [2.05, 4.69) is 21.1 Å². The van der Waals surface area contributed by atoms with Gasteiger partial charge >= 0.3 is 5.97 Å². The van der Waals surface area contributed by atoms with Gasteiger partial charge in [-0.2, -0.15) is 0 Å². The van der Waals surface area contributed by atoms with Crippen molar-refractivity contribution in [3.8, 4) is 0 Å². The first-order chi connectivity index (χ1) is 5.83. The van der Waals surface area contributed by atoms with Gasteiger partial charge in [0.2, 0.25) is 0 Å². The molecule has 0 amide bonds. The second-order valence-corrected chi connectivity index (χ2v) is 4.45. The van der Waals surface area contributed by atoms with E-state index >= 15 is 0 Å². The van der Waals surface area contributed by atoms with E-state index in [1.807, 2.05) is 0 Å². The van der Waals surface area contributed by atoms with Crippen molar-refractivity contribution in [2.75, 3.05) is 27.7 Å². The highest BCUT2D eigenvalue weighted by Crippen LogP contribution is 2.02. The largest absolute Gasteiger partial charge is 1.00 e. The number of hydrogen-bond donors (Lipinski definition) is 2. The number of hydrogen-bond acceptors (Lipinski definition) is 2. The number of aliphatic carboxylic acids is 1. The van der Waals surface area contributed by atoms with Gasteiger partial charge in [0.15, 0.2) is 0 Å². The van der Waals surface area contributed by atoms with Crippen LogP contribution in [-0.4, -0.2) is 49.3 Å². The molecule has 0 aliphatic rings. The van der Waals surface area contributed by atoms with Gasteiger partial charge in [0.05, 0.1) is 27.7 Å². The Morgan fingerprint density at radius 2 is 1.86 bits per heavy atom. The van der Waals surface area contributed by atoms with Crippen LogP contribution in [0.1, 0.15) is 19.3 Å². The minimum atomic E-state index is -0.898. The van der Waals surface area contributed by atoms with Gasteiger partial charge in [0.1, 0.15) is 6.04 Å². The average Bonchev–Trinajstić information content (AvgIpc) is 1.95. The Kier molecular flexibility index (Phi) is 8.10. The summed E-state index contributed by atoms with van der Waals surface area (Å²) in [6, 6.07) is -0.688. The minimum absolute atomic E-state index is 0. The number of unbranched alkanes of at least 4 members (excludes halogenated alkanes) is 1. The number of carboxylic acids is 1. The van der Waals surface area contributed by atoms with E-state index in [4.69, 9.17) is 10.8 Å². The normalized spacial score (nSPS) is 13.1. The summed E-state index contributed by atoms with van der Waals surface area (Å²) >= 11 is 0. The van der Waals surface area contributed by atoms with Crippen LogP contribution in [0.2, 0.25) is 0 Å². The molecule has 0 aliphatic heterocycles. The van der Waals surface area contributed by atoms with Crippen LogP contribution in [-0.2, 0) is 4.79 Å². The molecule has 0 heterocycles. The molecule has 0 spiro atoms. The highest BCUT2D eigenvalue weighted by Gasteiger charge is 2.11. The molecule has 0 saturated carbocycles. The lowest BCUT2D eigenvalue weighted by atomic mass is 10.1. The van der Waals surface area contributed by atoms with Gasteiger partial charge in [-0.3, -0.25) is 4.79 Å². The van der Waals surface area contributed by atoms with Gasteiger partial charge in [0.25, 0.3) is 0 Å². The van der Waals surface area contributed by atoms with Crippen LogP contribution >= 0.6 is 0 Å². The number of carboxylic acid groups (broad SMARTS) is 1. The Hall–Kier alpha value is -0.320. The molecule has 1 unspecified atom stereocenters. The molecule has 0 radical (unpaired) electrons. The number of nitrogens with zero attached hydrogens (tertiary/aromatic N) is 1. The molecular formula is C9H21ClN2O2. The first-order valence-electron chi connectivity index (χ1n) is 4.62. The van der Waals surface area contributed by atoms with Crippen molar-refractivity contribution in [1.82, 2.24) is 0 Å². The molecule has 14 heavy (non-hydrogen) atoms. The van der Waals surface area contributed by atoms with E-state index in [0.29, 0.717) is 6.42 Å². The van der Waals surface area contributed by atoms with Crippen molar-refractivity contribution >= 4 is 5.97 Å². The third kappa shape index (κ3) is 9.77. The van der Waals surface area contributed by atoms with Crippen molar-refractivity contribution in [3.05, 3.63) is 0 Å². The fourth-order valence-electron chi connectivity index (χ4n) is 1.07. The standard InChI is InChI=1S/C9H20N2O2.ClH/c1-11(2,3)7-5-4-6-8(10)9(12)13;/h8H,4-7,10H2,1-3H3;1H. The summed E-state index contributed by atoms with van der Waals surface area (Å²) in [5.74, 6) is -0.898. The van der Waals surface area contributed by atoms with Crippen LogP contribution in [0.15, 0.2) is 0 Å². The second-order valence-electron chi connectivity index (χ2n) is 4.45. The molecule has 0 aromatic heterocycles. The maximum absolute atomic E-state index is 10.4. The zero-order valence-corrected chi connectivity index (χ0v) is 9.92. The lowest BCUT2D eigenvalue weighted by molar-refractivity contribution is -0.870. The maximum Gasteiger partial charge on any atom is 0.320 e. The summed E-state index contributed by atoms with van der Waals surface area (Å²) in [4.78, 5) is 10.4. The molecule has 3 N–H and O–H groups in total. The fourth-order valence-corrected chi connectivity index (χ4v) is 1.07. The van der Waals surface area contributed by atoms with Gasteiger partial charge in [-0.15, -0.1) is 0 Å². The van der Waals surface area contributed by atoms with Gasteiger partial charge < -0.3 is 27.7 Å². The highest BCUT2D eigenvalue weighted by atomic mass is 35.5. The van der Waals surface area contributed by atoms with E-state index in [9.17, 15) is 4.79 Å². The van der Waals surface area contributed by atoms with Gasteiger partial charge in [-0.05, 0) is 19.3 Å². The lowest BCUT2D eigenvalue weighted by Crippen LogP contribution is -3.00. The Morgan fingerprint density at radius 3 is 2.21 bits per heavy atom. The van der Waals surface area contributed by atoms with E-state index in [-0.39, 0.29) is 12.4 Å². The molecule has 0 aromatic rings. The van der Waals surface area contributed by atoms with Gasteiger partial charge in [-0.1, -0.05) is 0 Å². The van der Waals surface area contributed by atoms with Gasteiger partial charge in [0, 0.05) is 0 Å². The first kappa shape index (κ1) is 16.1. The van der Waals surface area contributed by atoms with E-state index in [1.165, 1.54) is 0 Å². The molecule has 4 nitrogen and oxygen atoms in total. The SMILES string of the molecule is C[N+](C)(C)CCCCC(N)C(=O)O.[Cl-]. The van der Waals surface area contributed by atoms with Crippen LogP contribution in [0.25, 0.3) is 0 Å². The predicted molar refractivity (Wildman–Crippen MR) is 52.4 cm³/mol. The summed E-state index contributed by atoms with van der Waals surface area (Å²) < 4.78 is 0.919. The summed E-state index contributed by atoms with van der Waals surface area (Å²) in [6.07, 6.45) is 2.50. The molecule has 5 heteroatoms. The zero-order chi connectivity index (χ0) is 10.5. The number of halogens is 1. The molecule has 0 aliphatic carbocycles. The molecule has 0 aromatic carbocycles. The van der Waals surface area contributed by atoms with E-state index in [1.54, 1.807) is 0 Å². The van der Waals surface area contributed by atoms with E-state index < -0.39 is 12.0 Å². The lowest BCUT2D eigenvalue weighted by Gasteiger charge is -2.23. The molecular weight excluding hydrogens is 204 g/mol. The number of rotatable bonds is 6. The third-order valence-electron chi connectivity index (χ3n) is 1.91. The first-order valence-corrected chi connectivity index (χ1v) is 4.62. The maximum atomic E-state index is 10.4. The summed E-state index contributed by atoms with van der Waals surface area (Å²) in [5.41, 5.74) is 5.36. The molecule has 86 valence electrons. The fraction of sp³-hybridized carbons (Fsp3) is 0.889. The van der Waals surface area contributed by atoms with Crippen LogP contribution in [0.4, 0.5) is 0 Å². The topological polar surface area (TPSA) is 63.3 Å². The van der Waals surface area contributed by atoms with Crippen molar-refractivity contribution in [3.63, 3.8) is 0 Å². The Labute approximate surface area is 92.1 Å². The average molecular weight is 225 g/mol. The summed E-state index contributed by atoms with van der Waals surface area (Å²) in [6.45, 7) is 1.06. The van der Waals surface area contributed by atoms with Crippen molar-refractivity contribution in [2.45, 2.75) is 25.3 Å².